The quantitative estimate of drug-likeness (QED) is 0.234. The van der Waals surface area contributed by atoms with Gasteiger partial charge in [0.15, 0.2) is 5.82 Å². The molecule has 0 radical (unpaired) electrons. The van der Waals surface area contributed by atoms with Gasteiger partial charge in [0.25, 0.3) is 0 Å². The van der Waals surface area contributed by atoms with Crippen molar-refractivity contribution in [2.75, 3.05) is 5.32 Å². The van der Waals surface area contributed by atoms with Crippen molar-refractivity contribution in [3.8, 4) is 33.1 Å². The van der Waals surface area contributed by atoms with Gasteiger partial charge in [0.05, 0.1) is 29.1 Å². The van der Waals surface area contributed by atoms with Crippen LogP contribution in [-0.2, 0) is 4.79 Å². The highest BCUT2D eigenvalue weighted by molar-refractivity contribution is 7.15. The van der Waals surface area contributed by atoms with Crippen LogP contribution in [0.15, 0.2) is 61.2 Å². The number of anilines is 1. The van der Waals surface area contributed by atoms with Crippen molar-refractivity contribution in [3.63, 3.8) is 0 Å². The van der Waals surface area contributed by atoms with Crippen LogP contribution in [0.1, 0.15) is 30.6 Å². The van der Waals surface area contributed by atoms with Crippen molar-refractivity contribution < 1.29 is 4.79 Å². The minimum absolute atomic E-state index is 0.0884. The molecule has 1 fully saturated rings. The Balaban J connectivity index is 1.24. The summed E-state index contributed by atoms with van der Waals surface area (Å²) in [7, 11) is 0. The number of hydrogen-bond acceptors (Lipinski definition) is 6. The second kappa shape index (κ2) is 9.18. The van der Waals surface area contributed by atoms with Crippen LogP contribution in [0.4, 0.5) is 5.69 Å². The summed E-state index contributed by atoms with van der Waals surface area (Å²) in [5.74, 6) is 0.874. The fraction of sp³-hybridized carbons (Fsp3) is 0.207. The van der Waals surface area contributed by atoms with Crippen molar-refractivity contribution in [3.05, 3.63) is 66.1 Å². The van der Waals surface area contributed by atoms with Gasteiger partial charge in [-0.2, -0.15) is 5.10 Å². The zero-order chi connectivity index (χ0) is 25.6. The number of aromatic amines is 2. The molecule has 1 aliphatic carbocycles. The number of aromatic nitrogens is 6. The van der Waals surface area contributed by atoms with Gasteiger partial charge in [-0.15, -0.1) is 11.3 Å². The maximum atomic E-state index is 12.6. The normalized spacial score (nSPS) is 14.0. The lowest BCUT2D eigenvalue weighted by Crippen LogP contribution is -2.20. The van der Waals surface area contributed by atoms with Gasteiger partial charge < -0.3 is 10.3 Å². The van der Waals surface area contributed by atoms with Crippen molar-refractivity contribution in [1.29, 1.82) is 0 Å². The lowest BCUT2D eigenvalue weighted by Gasteiger charge is -2.11. The standard InChI is InChI=1S/C29H25N7OS/c1-16-6-9-25(38-16)22-14-31-15-24-26(22)34-28(33-24)27-21-11-18(7-8-23(21)35-36-27)19-10-20(13-30-12-19)32-29(37)17-4-2-3-5-17/h6-15,17H,2-5H2,1H3,(H,32,37)(H,33,34)(H,35,36). The van der Waals surface area contributed by atoms with Crippen LogP contribution in [-0.4, -0.2) is 36.0 Å². The monoisotopic (exact) mass is 519 g/mol. The lowest BCUT2D eigenvalue weighted by molar-refractivity contribution is -0.119. The highest BCUT2D eigenvalue weighted by Gasteiger charge is 2.23. The van der Waals surface area contributed by atoms with E-state index < -0.39 is 0 Å². The van der Waals surface area contributed by atoms with Gasteiger partial charge in [-0.1, -0.05) is 18.9 Å². The third-order valence-corrected chi connectivity index (χ3v) is 8.29. The largest absolute Gasteiger partial charge is 0.335 e. The second-order valence-corrected chi connectivity index (χ2v) is 11.1. The maximum absolute atomic E-state index is 12.6. The van der Waals surface area contributed by atoms with Crippen LogP contribution in [0, 0.1) is 12.8 Å². The van der Waals surface area contributed by atoms with Crippen molar-refractivity contribution in [2.45, 2.75) is 32.6 Å². The number of fused-ring (bicyclic) bond motifs is 2. The van der Waals surface area contributed by atoms with E-state index in [4.69, 9.17) is 4.98 Å². The van der Waals surface area contributed by atoms with E-state index in [1.165, 1.54) is 4.88 Å². The molecule has 7 rings (SSSR count). The number of aryl methyl sites for hydroxylation is 1. The molecule has 1 aliphatic rings. The molecule has 188 valence electrons. The summed E-state index contributed by atoms with van der Waals surface area (Å²) >= 11 is 1.73. The molecule has 1 aromatic carbocycles. The predicted octanol–water partition coefficient (Wildman–Crippen LogP) is 6.73. The molecule has 0 unspecified atom stereocenters. The van der Waals surface area contributed by atoms with Gasteiger partial charge in [0, 0.05) is 44.6 Å². The average molecular weight is 520 g/mol. The molecule has 0 spiro atoms. The number of nitrogens with zero attached hydrogens (tertiary/aromatic N) is 4. The zero-order valence-corrected chi connectivity index (χ0v) is 21.6. The number of thiophene rings is 1. The predicted molar refractivity (Wildman–Crippen MR) is 151 cm³/mol. The van der Waals surface area contributed by atoms with Crippen LogP contribution in [0.2, 0.25) is 0 Å². The molecule has 3 N–H and O–H groups in total. The third-order valence-electron chi connectivity index (χ3n) is 7.25. The Bertz CT molecular complexity index is 1810. The minimum atomic E-state index is 0.0884. The van der Waals surface area contributed by atoms with Crippen molar-refractivity contribution in [1.82, 2.24) is 30.1 Å². The van der Waals surface area contributed by atoms with Crippen LogP contribution in [0.3, 0.4) is 0 Å². The SMILES string of the molecule is Cc1ccc(-c2cncc3[nH]c(-c4n[nH]c5ccc(-c6cncc(NC(=O)C7CCCC7)c6)cc45)nc23)s1. The molecule has 1 saturated carbocycles. The summed E-state index contributed by atoms with van der Waals surface area (Å²) in [6.07, 6.45) is 11.4. The van der Waals surface area contributed by atoms with Crippen LogP contribution in [0.5, 0.6) is 0 Å². The van der Waals surface area contributed by atoms with E-state index >= 15 is 0 Å². The average Bonchev–Trinajstić information content (AvgIpc) is 3.74. The van der Waals surface area contributed by atoms with E-state index in [0.29, 0.717) is 11.5 Å². The molecule has 38 heavy (non-hydrogen) atoms. The first-order chi connectivity index (χ1) is 18.6. The number of imidazole rings is 1. The van der Waals surface area contributed by atoms with Crippen molar-refractivity contribution in [2.24, 2.45) is 5.92 Å². The Hall–Kier alpha value is -4.37. The van der Waals surface area contributed by atoms with E-state index in [2.05, 4.69) is 55.6 Å². The number of amides is 1. The Labute approximate surface area is 222 Å². The van der Waals surface area contributed by atoms with E-state index in [9.17, 15) is 4.79 Å². The summed E-state index contributed by atoms with van der Waals surface area (Å²) in [5, 5.41) is 11.7. The molecule has 0 aliphatic heterocycles. The van der Waals surface area contributed by atoms with Gasteiger partial charge >= 0.3 is 0 Å². The summed E-state index contributed by atoms with van der Waals surface area (Å²) in [6, 6.07) is 12.3. The Morgan fingerprint density at radius 3 is 2.68 bits per heavy atom. The molecule has 8 nitrogen and oxygen atoms in total. The molecule has 0 bridgehead atoms. The highest BCUT2D eigenvalue weighted by atomic mass is 32.1. The van der Waals surface area contributed by atoms with Crippen molar-refractivity contribution >= 4 is 44.9 Å². The Morgan fingerprint density at radius 2 is 1.84 bits per heavy atom. The number of rotatable bonds is 5. The van der Waals surface area contributed by atoms with Gasteiger partial charge in [0.1, 0.15) is 11.2 Å². The first-order valence-electron chi connectivity index (χ1n) is 12.8. The summed E-state index contributed by atoms with van der Waals surface area (Å²) in [5.41, 5.74) is 7.02. The molecule has 0 saturated heterocycles. The molecular formula is C29H25N7OS. The lowest BCUT2D eigenvalue weighted by atomic mass is 10.0. The Morgan fingerprint density at radius 1 is 0.974 bits per heavy atom. The fourth-order valence-corrected chi connectivity index (χ4v) is 6.16. The minimum Gasteiger partial charge on any atom is -0.335 e. The molecule has 6 aromatic rings. The van der Waals surface area contributed by atoms with Gasteiger partial charge in [-0.3, -0.25) is 19.9 Å². The maximum Gasteiger partial charge on any atom is 0.227 e. The number of carbonyl (C=O) groups is 1. The van der Waals surface area contributed by atoms with Gasteiger partial charge in [0.2, 0.25) is 5.91 Å². The molecule has 1 amide bonds. The zero-order valence-electron chi connectivity index (χ0n) is 20.8. The van der Waals surface area contributed by atoms with Crippen LogP contribution >= 0.6 is 11.3 Å². The van der Waals surface area contributed by atoms with E-state index in [0.717, 1.165) is 74.9 Å². The number of pyridine rings is 2. The number of hydrogen-bond donors (Lipinski definition) is 3. The molecule has 9 heteroatoms. The molecular weight excluding hydrogens is 494 g/mol. The Kier molecular flexibility index (Phi) is 5.51. The molecule has 5 aromatic heterocycles. The summed E-state index contributed by atoms with van der Waals surface area (Å²) in [4.78, 5) is 32.2. The molecule has 0 atom stereocenters. The summed E-state index contributed by atoms with van der Waals surface area (Å²) in [6.45, 7) is 2.10. The van der Waals surface area contributed by atoms with Crippen LogP contribution in [0.25, 0.3) is 55.0 Å². The fourth-order valence-electron chi connectivity index (χ4n) is 5.28. The third kappa shape index (κ3) is 4.05. The number of carbonyl (C=O) groups excluding carboxylic acids is 1. The van der Waals surface area contributed by atoms with E-state index in [-0.39, 0.29) is 11.8 Å². The molecule has 5 heterocycles. The first-order valence-corrected chi connectivity index (χ1v) is 13.6. The number of benzene rings is 1. The van der Waals surface area contributed by atoms with Crippen LogP contribution < -0.4 is 5.32 Å². The van der Waals surface area contributed by atoms with E-state index in [1.54, 1.807) is 23.7 Å². The first kappa shape index (κ1) is 22.8. The van der Waals surface area contributed by atoms with Gasteiger partial charge in [-0.25, -0.2) is 4.98 Å². The smallest absolute Gasteiger partial charge is 0.227 e. The van der Waals surface area contributed by atoms with Gasteiger partial charge in [-0.05, 0) is 55.7 Å². The number of nitrogens with one attached hydrogen (secondary N) is 3. The van der Waals surface area contributed by atoms with E-state index in [1.807, 2.05) is 30.6 Å². The topological polar surface area (TPSA) is 112 Å². The summed E-state index contributed by atoms with van der Waals surface area (Å²) < 4.78 is 0. The number of H-pyrrole nitrogens is 2. The highest BCUT2D eigenvalue weighted by Crippen LogP contribution is 2.35. The second-order valence-electron chi connectivity index (χ2n) is 9.84.